The van der Waals surface area contributed by atoms with Gasteiger partial charge in [-0.3, -0.25) is 9.78 Å². The molecule has 0 atom stereocenters. The summed E-state index contributed by atoms with van der Waals surface area (Å²) in [5, 5.41) is 3.94. The van der Waals surface area contributed by atoms with Gasteiger partial charge in [-0.05, 0) is 24.3 Å². The summed E-state index contributed by atoms with van der Waals surface area (Å²) in [5.74, 6) is 1.26. The van der Waals surface area contributed by atoms with Crippen molar-refractivity contribution < 1.29 is 9.32 Å². The van der Waals surface area contributed by atoms with Gasteiger partial charge >= 0.3 is 0 Å². The molecule has 1 aromatic carbocycles. The number of nitrogens with zero attached hydrogens (tertiary/aromatic N) is 4. The van der Waals surface area contributed by atoms with Gasteiger partial charge in [-0.25, -0.2) is 0 Å². The largest absolute Gasteiger partial charge is 0.337 e. The van der Waals surface area contributed by atoms with Crippen LogP contribution in [0.15, 0.2) is 58.1 Å². The summed E-state index contributed by atoms with van der Waals surface area (Å²) in [4.78, 5) is 23.5. The average molecular weight is 324 g/mol. The number of hydrogen-bond donors (Lipinski definition) is 0. The quantitative estimate of drug-likeness (QED) is 0.737. The van der Waals surface area contributed by atoms with Gasteiger partial charge in [0.25, 0.3) is 0 Å². The molecule has 0 spiro atoms. The molecule has 1 aliphatic heterocycles. The summed E-state index contributed by atoms with van der Waals surface area (Å²) in [5.41, 5.74) is 1.52. The molecule has 0 bridgehead atoms. The third-order valence-electron chi connectivity index (χ3n) is 3.46. The van der Waals surface area contributed by atoms with Crippen molar-refractivity contribution in [1.29, 1.82) is 0 Å². The molecule has 114 valence electrons. The van der Waals surface area contributed by atoms with Crippen LogP contribution in [0.2, 0.25) is 0 Å². The molecule has 7 heteroatoms. The maximum absolute atomic E-state index is 12.2. The number of para-hydroxylation sites is 1. The van der Waals surface area contributed by atoms with E-state index < -0.39 is 0 Å². The fourth-order valence-electron chi connectivity index (χ4n) is 2.38. The predicted octanol–water partition coefficient (Wildman–Crippen LogP) is 2.77. The van der Waals surface area contributed by atoms with Crippen LogP contribution in [0.3, 0.4) is 0 Å². The first-order valence-electron chi connectivity index (χ1n) is 7.07. The molecule has 0 fully saturated rings. The lowest BCUT2D eigenvalue weighted by molar-refractivity contribution is -0.116. The first-order chi connectivity index (χ1) is 11.3. The topological polar surface area (TPSA) is 72.1 Å². The zero-order valence-electron chi connectivity index (χ0n) is 12.0. The summed E-state index contributed by atoms with van der Waals surface area (Å²) in [7, 11) is 0. The number of thioether (sulfide) groups is 1. The van der Waals surface area contributed by atoms with E-state index >= 15 is 0 Å². The molecular formula is C16H12N4O2S. The van der Waals surface area contributed by atoms with Gasteiger partial charge in [0.2, 0.25) is 17.6 Å². The van der Waals surface area contributed by atoms with E-state index in [0.717, 1.165) is 10.6 Å². The second-order valence-electron chi connectivity index (χ2n) is 4.96. The molecule has 1 aliphatic rings. The standard InChI is InChI=1S/C16H12N4O2S/c21-15-10-23-13-7-2-1-6-12(13)20(15)9-14-18-16(19-22-14)11-5-3-4-8-17-11/h1-8H,9-10H2. The molecule has 0 saturated carbocycles. The molecule has 0 N–H and O–H groups in total. The summed E-state index contributed by atoms with van der Waals surface area (Å²) >= 11 is 1.55. The number of pyridine rings is 1. The predicted molar refractivity (Wildman–Crippen MR) is 85.9 cm³/mol. The van der Waals surface area contributed by atoms with Gasteiger partial charge in [-0.15, -0.1) is 11.8 Å². The Morgan fingerprint density at radius 1 is 1.17 bits per heavy atom. The number of carbonyl (C=O) groups is 1. The van der Waals surface area contributed by atoms with Crippen molar-refractivity contribution in [3.8, 4) is 11.5 Å². The zero-order chi connectivity index (χ0) is 15.6. The monoisotopic (exact) mass is 324 g/mol. The molecule has 0 saturated heterocycles. The highest BCUT2D eigenvalue weighted by Crippen LogP contribution is 2.35. The number of fused-ring (bicyclic) bond motifs is 1. The Morgan fingerprint density at radius 2 is 2.04 bits per heavy atom. The average Bonchev–Trinajstić information content (AvgIpc) is 3.07. The van der Waals surface area contributed by atoms with Crippen LogP contribution in [-0.2, 0) is 11.3 Å². The van der Waals surface area contributed by atoms with Crippen LogP contribution < -0.4 is 4.90 Å². The summed E-state index contributed by atoms with van der Waals surface area (Å²) in [6.07, 6.45) is 1.67. The van der Waals surface area contributed by atoms with Crippen molar-refractivity contribution in [1.82, 2.24) is 15.1 Å². The van der Waals surface area contributed by atoms with E-state index in [1.807, 2.05) is 42.5 Å². The van der Waals surface area contributed by atoms with E-state index in [2.05, 4.69) is 15.1 Å². The fourth-order valence-corrected chi connectivity index (χ4v) is 3.32. The van der Waals surface area contributed by atoms with Crippen molar-refractivity contribution in [3.05, 3.63) is 54.6 Å². The first kappa shape index (κ1) is 14.0. The van der Waals surface area contributed by atoms with Crippen molar-refractivity contribution >= 4 is 23.4 Å². The van der Waals surface area contributed by atoms with Crippen LogP contribution in [0, 0.1) is 0 Å². The maximum Gasteiger partial charge on any atom is 0.247 e. The number of anilines is 1. The molecule has 6 nitrogen and oxygen atoms in total. The lowest BCUT2D eigenvalue weighted by atomic mass is 10.2. The number of benzene rings is 1. The van der Waals surface area contributed by atoms with Gasteiger partial charge in [0.1, 0.15) is 12.2 Å². The van der Waals surface area contributed by atoms with Crippen molar-refractivity contribution in [2.75, 3.05) is 10.7 Å². The van der Waals surface area contributed by atoms with Crippen molar-refractivity contribution in [3.63, 3.8) is 0 Å². The Hall–Kier alpha value is -2.67. The highest BCUT2D eigenvalue weighted by Gasteiger charge is 2.26. The fraction of sp³-hybridized carbons (Fsp3) is 0.125. The van der Waals surface area contributed by atoms with E-state index in [1.54, 1.807) is 22.9 Å². The molecule has 0 unspecified atom stereocenters. The van der Waals surface area contributed by atoms with Crippen molar-refractivity contribution in [2.45, 2.75) is 11.4 Å². The summed E-state index contributed by atoms with van der Waals surface area (Å²) in [6.45, 7) is 0.260. The Labute approximate surface area is 136 Å². The molecule has 23 heavy (non-hydrogen) atoms. The number of amides is 1. The summed E-state index contributed by atoms with van der Waals surface area (Å²) < 4.78 is 5.28. The van der Waals surface area contributed by atoms with Crippen molar-refractivity contribution in [2.24, 2.45) is 0 Å². The van der Waals surface area contributed by atoms with Gasteiger partial charge in [-0.1, -0.05) is 23.4 Å². The van der Waals surface area contributed by atoms with Crippen LogP contribution in [0.4, 0.5) is 5.69 Å². The van der Waals surface area contributed by atoms with Crippen LogP contribution in [0.25, 0.3) is 11.5 Å². The normalized spacial score (nSPS) is 13.9. The molecule has 3 aromatic rings. The highest BCUT2D eigenvalue weighted by molar-refractivity contribution is 8.00. The minimum Gasteiger partial charge on any atom is -0.337 e. The molecule has 1 amide bonds. The Bertz CT molecular complexity index is 850. The van der Waals surface area contributed by atoms with Gasteiger partial charge in [0.15, 0.2) is 0 Å². The third-order valence-corrected chi connectivity index (χ3v) is 4.51. The van der Waals surface area contributed by atoms with Gasteiger partial charge in [-0.2, -0.15) is 4.98 Å². The second-order valence-corrected chi connectivity index (χ2v) is 5.98. The number of rotatable bonds is 3. The Balaban J connectivity index is 1.61. The maximum atomic E-state index is 12.2. The Morgan fingerprint density at radius 3 is 2.91 bits per heavy atom. The van der Waals surface area contributed by atoms with E-state index in [4.69, 9.17) is 4.52 Å². The molecule has 2 aromatic heterocycles. The van der Waals surface area contributed by atoms with E-state index in [1.165, 1.54) is 0 Å². The van der Waals surface area contributed by atoms with E-state index in [0.29, 0.717) is 23.2 Å². The van der Waals surface area contributed by atoms with Crippen LogP contribution in [-0.4, -0.2) is 26.8 Å². The van der Waals surface area contributed by atoms with Gasteiger partial charge < -0.3 is 9.42 Å². The first-order valence-corrected chi connectivity index (χ1v) is 8.06. The van der Waals surface area contributed by atoms with Crippen LogP contribution in [0.5, 0.6) is 0 Å². The van der Waals surface area contributed by atoms with Gasteiger partial charge in [0, 0.05) is 11.1 Å². The highest BCUT2D eigenvalue weighted by atomic mass is 32.2. The van der Waals surface area contributed by atoms with E-state index in [-0.39, 0.29) is 12.5 Å². The number of aromatic nitrogens is 3. The summed E-state index contributed by atoms with van der Waals surface area (Å²) in [6, 6.07) is 13.3. The lowest BCUT2D eigenvalue weighted by Crippen LogP contribution is -2.34. The van der Waals surface area contributed by atoms with Crippen LogP contribution in [0.1, 0.15) is 5.89 Å². The van der Waals surface area contributed by atoms with E-state index in [9.17, 15) is 4.79 Å². The Kier molecular flexibility index (Phi) is 3.55. The minimum absolute atomic E-state index is 0.0336. The second kappa shape index (κ2) is 5.85. The zero-order valence-corrected chi connectivity index (χ0v) is 12.9. The molecular weight excluding hydrogens is 312 g/mol. The minimum atomic E-state index is 0.0336. The number of hydrogen-bond acceptors (Lipinski definition) is 6. The molecule has 4 rings (SSSR count). The smallest absolute Gasteiger partial charge is 0.247 e. The molecule has 3 heterocycles. The molecule has 0 aliphatic carbocycles. The van der Waals surface area contributed by atoms with Crippen LogP contribution >= 0.6 is 11.8 Å². The SMILES string of the molecule is O=C1CSc2ccccc2N1Cc1nc(-c2ccccn2)no1. The number of carbonyl (C=O) groups excluding carboxylic acids is 1. The molecule has 0 radical (unpaired) electrons. The third kappa shape index (κ3) is 2.70. The lowest BCUT2D eigenvalue weighted by Gasteiger charge is -2.27. The van der Waals surface area contributed by atoms with Gasteiger partial charge in [0.05, 0.1) is 11.4 Å².